The van der Waals surface area contributed by atoms with Gasteiger partial charge in [0.1, 0.15) is 24.4 Å². The Hall–Kier alpha value is -2.69. The Morgan fingerprint density at radius 1 is 1.11 bits per heavy atom. The highest BCUT2D eigenvalue weighted by Gasteiger charge is 2.38. The van der Waals surface area contributed by atoms with Crippen LogP contribution < -0.4 is 10.2 Å². The van der Waals surface area contributed by atoms with Crippen molar-refractivity contribution >= 4 is 29.3 Å². The molecule has 9 heteroatoms. The molecule has 0 saturated heterocycles. The molecule has 200 valence electrons. The van der Waals surface area contributed by atoms with Crippen LogP contribution in [0.1, 0.15) is 26.3 Å². The number of rotatable bonds is 9. The number of aliphatic hydroxyl groups is 3. The molecule has 8 nitrogen and oxygen atoms in total. The topological polar surface area (TPSA) is 119 Å². The Balaban J connectivity index is 1.77. The normalized spacial score (nSPS) is 19.6. The van der Waals surface area contributed by atoms with Crippen LogP contribution in [-0.4, -0.2) is 70.5 Å². The highest BCUT2D eigenvalue weighted by molar-refractivity contribution is 7.99. The number of methoxy groups -OCH3 is 1. The summed E-state index contributed by atoms with van der Waals surface area (Å²) in [7, 11) is 1.22. The zero-order valence-electron chi connectivity index (χ0n) is 21.6. The van der Waals surface area contributed by atoms with Crippen LogP contribution in [0.25, 0.3) is 0 Å². The van der Waals surface area contributed by atoms with E-state index in [1.165, 1.54) is 24.9 Å². The van der Waals surface area contributed by atoms with Gasteiger partial charge in [0, 0.05) is 17.8 Å². The summed E-state index contributed by atoms with van der Waals surface area (Å²) < 4.78 is 5.19. The number of fused-ring (bicyclic) bond motifs is 1. The number of carbonyl (C=O) groups excluding carboxylic acids is 2. The van der Waals surface area contributed by atoms with Crippen molar-refractivity contribution in [2.75, 3.05) is 17.8 Å². The van der Waals surface area contributed by atoms with E-state index >= 15 is 0 Å². The van der Waals surface area contributed by atoms with E-state index in [1.807, 2.05) is 75.4 Å². The highest BCUT2D eigenvalue weighted by atomic mass is 32.2. The molecule has 1 aliphatic heterocycles. The summed E-state index contributed by atoms with van der Waals surface area (Å²) in [5.74, 6) is -0.780. The average molecular weight is 529 g/mol. The van der Waals surface area contributed by atoms with E-state index < -0.39 is 36.4 Å². The fourth-order valence-electron chi connectivity index (χ4n) is 3.92. The van der Waals surface area contributed by atoms with Gasteiger partial charge in [-0.2, -0.15) is 0 Å². The van der Waals surface area contributed by atoms with Crippen molar-refractivity contribution in [2.45, 2.75) is 62.7 Å². The Labute approximate surface area is 222 Å². The first-order valence-corrected chi connectivity index (χ1v) is 13.1. The number of aliphatic hydroxyl groups excluding tert-OH is 3. The molecule has 0 aliphatic carbocycles. The molecule has 0 saturated carbocycles. The van der Waals surface area contributed by atoms with Gasteiger partial charge in [0.05, 0.1) is 12.2 Å². The van der Waals surface area contributed by atoms with E-state index in [0.29, 0.717) is 6.54 Å². The number of thioether (sulfide) groups is 1. The molecule has 3 rings (SSSR count). The number of ether oxygens (including phenoxy) is 1. The van der Waals surface area contributed by atoms with Gasteiger partial charge in [-0.25, -0.2) is 0 Å². The molecule has 0 bridgehead atoms. The SMILES string of the molecule is CO[C@@H](C(=O)N[C@H]1CSc2ccccc2N(Cc2ccccc2)C1=O)[C@H](O)[C@@H](O)[C@H](O)/C=C/C(C)(C)C. The minimum Gasteiger partial charge on any atom is -0.387 e. The van der Waals surface area contributed by atoms with Crippen molar-refractivity contribution in [1.82, 2.24) is 5.32 Å². The van der Waals surface area contributed by atoms with Crippen molar-refractivity contribution in [3.05, 3.63) is 72.3 Å². The van der Waals surface area contributed by atoms with Crippen molar-refractivity contribution in [3.63, 3.8) is 0 Å². The molecule has 0 aromatic heterocycles. The largest absolute Gasteiger partial charge is 0.387 e. The van der Waals surface area contributed by atoms with Crippen molar-refractivity contribution in [1.29, 1.82) is 0 Å². The fourth-order valence-corrected chi connectivity index (χ4v) is 5.00. The lowest BCUT2D eigenvalue weighted by molar-refractivity contribution is -0.150. The smallest absolute Gasteiger partial charge is 0.252 e. The van der Waals surface area contributed by atoms with Gasteiger partial charge < -0.3 is 30.3 Å². The third-order valence-electron chi connectivity index (χ3n) is 5.94. The summed E-state index contributed by atoms with van der Waals surface area (Å²) in [6.45, 7) is 6.09. The molecule has 2 aromatic carbocycles. The molecule has 4 N–H and O–H groups in total. The first-order chi connectivity index (χ1) is 17.5. The second-order valence-corrected chi connectivity index (χ2v) is 11.2. The molecular formula is C28H36N2O6S. The maximum atomic E-state index is 13.6. The molecule has 0 radical (unpaired) electrons. The fraction of sp³-hybridized carbons (Fsp3) is 0.429. The summed E-state index contributed by atoms with van der Waals surface area (Å²) in [6, 6.07) is 16.2. The molecular weight excluding hydrogens is 492 g/mol. The van der Waals surface area contributed by atoms with Gasteiger partial charge in [-0.15, -0.1) is 11.8 Å². The van der Waals surface area contributed by atoms with Gasteiger partial charge in [0.2, 0.25) is 0 Å². The van der Waals surface area contributed by atoms with E-state index in [1.54, 1.807) is 11.0 Å². The number of hydrogen-bond donors (Lipinski definition) is 4. The van der Waals surface area contributed by atoms with Gasteiger partial charge in [-0.3, -0.25) is 9.59 Å². The number of allylic oxidation sites excluding steroid dienone is 1. The lowest BCUT2D eigenvalue weighted by atomic mass is 9.94. The zero-order chi connectivity index (χ0) is 27.2. The van der Waals surface area contributed by atoms with Crippen molar-refractivity contribution in [2.24, 2.45) is 5.41 Å². The molecule has 2 aromatic rings. The molecule has 5 atom stereocenters. The summed E-state index contributed by atoms with van der Waals surface area (Å²) in [5, 5.41) is 34.1. The first-order valence-electron chi connectivity index (χ1n) is 12.2. The van der Waals surface area contributed by atoms with E-state index in [4.69, 9.17) is 4.74 Å². The first kappa shape index (κ1) is 28.9. The number of hydrogen-bond acceptors (Lipinski definition) is 7. The lowest BCUT2D eigenvalue weighted by Crippen LogP contribution is -2.56. The number of anilines is 1. The van der Waals surface area contributed by atoms with Gasteiger partial charge in [-0.05, 0) is 23.1 Å². The lowest BCUT2D eigenvalue weighted by Gasteiger charge is -2.29. The minimum atomic E-state index is -1.73. The maximum absolute atomic E-state index is 13.6. The van der Waals surface area contributed by atoms with Gasteiger partial charge in [-0.1, -0.05) is 75.4 Å². The van der Waals surface area contributed by atoms with Crippen molar-refractivity contribution < 1.29 is 29.6 Å². The number of benzene rings is 2. The van der Waals surface area contributed by atoms with E-state index in [0.717, 1.165) is 16.1 Å². The molecule has 0 fully saturated rings. The van der Waals surface area contributed by atoms with Crippen LogP contribution in [-0.2, 0) is 20.9 Å². The van der Waals surface area contributed by atoms with Crippen LogP contribution >= 0.6 is 11.8 Å². The second kappa shape index (κ2) is 12.7. The predicted octanol–water partition coefficient (Wildman–Crippen LogP) is 2.51. The number of amides is 2. The minimum absolute atomic E-state index is 0.246. The Kier molecular flexibility index (Phi) is 9.92. The quantitative estimate of drug-likeness (QED) is 0.369. The van der Waals surface area contributed by atoms with E-state index in [9.17, 15) is 24.9 Å². The Morgan fingerprint density at radius 3 is 2.41 bits per heavy atom. The maximum Gasteiger partial charge on any atom is 0.252 e. The van der Waals surface area contributed by atoms with Gasteiger partial charge >= 0.3 is 0 Å². The molecule has 0 spiro atoms. The van der Waals surface area contributed by atoms with Crippen LogP contribution in [0.4, 0.5) is 5.69 Å². The Bertz CT molecular complexity index is 1090. The zero-order valence-corrected chi connectivity index (χ0v) is 22.4. The van der Waals surface area contributed by atoms with Crippen LogP contribution in [0.2, 0.25) is 0 Å². The van der Waals surface area contributed by atoms with Gasteiger partial charge in [0.25, 0.3) is 11.8 Å². The monoisotopic (exact) mass is 528 g/mol. The van der Waals surface area contributed by atoms with Crippen molar-refractivity contribution in [3.8, 4) is 0 Å². The molecule has 2 amide bonds. The second-order valence-electron chi connectivity index (χ2n) is 10.1. The number of carbonyl (C=O) groups is 2. The highest BCUT2D eigenvalue weighted by Crippen LogP contribution is 2.35. The standard InChI is InChI=1S/C28H36N2O6S/c1-28(2,3)15-14-21(31)23(32)24(33)25(36-4)26(34)29-19-17-37-22-13-9-8-12-20(22)30(27(19)35)16-18-10-6-5-7-11-18/h5-15,19,21,23-25,31-33H,16-17H2,1-4H3,(H,29,34)/b15-14+/t19-,21+,23-,24+,25+/m0/s1. The third-order valence-corrected chi connectivity index (χ3v) is 7.10. The van der Waals surface area contributed by atoms with E-state index in [2.05, 4.69) is 5.32 Å². The Morgan fingerprint density at radius 2 is 1.76 bits per heavy atom. The van der Waals surface area contributed by atoms with Crippen LogP contribution in [0.5, 0.6) is 0 Å². The summed E-state index contributed by atoms with van der Waals surface area (Å²) in [4.78, 5) is 29.3. The molecule has 1 aliphatic rings. The summed E-state index contributed by atoms with van der Waals surface area (Å²) >= 11 is 1.45. The number of nitrogens with zero attached hydrogens (tertiary/aromatic N) is 1. The predicted molar refractivity (Wildman–Crippen MR) is 144 cm³/mol. The van der Waals surface area contributed by atoms with Crippen LogP contribution in [0.15, 0.2) is 71.6 Å². The van der Waals surface area contributed by atoms with Gasteiger partial charge in [0.15, 0.2) is 6.10 Å². The van der Waals surface area contributed by atoms with Crippen LogP contribution in [0, 0.1) is 5.41 Å². The summed E-state index contributed by atoms with van der Waals surface area (Å²) in [6.07, 6.45) is -3.23. The number of para-hydroxylation sites is 1. The molecule has 1 heterocycles. The van der Waals surface area contributed by atoms with Crippen LogP contribution in [0.3, 0.4) is 0 Å². The third kappa shape index (κ3) is 7.66. The summed E-state index contributed by atoms with van der Waals surface area (Å²) in [5.41, 5.74) is 1.45. The molecule has 0 unspecified atom stereocenters. The average Bonchev–Trinajstić information content (AvgIpc) is 2.99. The number of nitrogens with one attached hydrogen (secondary N) is 1. The molecule has 37 heavy (non-hydrogen) atoms. The van der Waals surface area contributed by atoms with E-state index in [-0.39, 0.29) is 17.1 Å².